The molecule has 0 heterocycles. The molecular weight excluding hydrogens is 393 g/mol. The molecule has 6 heteroatoms. The van der Waals surface area contributed by atoms with Gasteiger partial charge in [0, 0.05) is 18.9 Å². The van der Waals surface area contributed by atoms with Crippen LogP contribution in [-0.4, -0.2) is 19.2 Å². The molecule has 0 bridgehead atoms. The minimum atomic E-state index is -0.502. The zero-order valence-corrected chi connectivity index (χ0v) is 16.8. The molecule has 4 rings (SSSR count). The summed E-state index contributed by atoms with van der Waals surface area (Å²) in [5.74, 6) is 5.15. The molecule has 0 radical (unpaired) electrons. The Morgan fingerprint density at radius 1 is 1.03 bits per heavy atom. The number of benzene rings is 3. The summed E-state index contributed by atoms with van der Waals surface area (Å²) in [6.45, 7) is 0.555. The van der Waals surface area contributed by atoms with Gasteiger partial charge >= 0.3 is 6.09 Å². The lowest BCUT2D eigenvalue weighted by Crippen LogP contribution is -2.26. The molecule has 0 spiro atoms. The van der Waals surface area contributed by atoms with Gasteiger partial charge in [-0.15, -0.1) is 0 Å². The molecular formula is C25H22FN3O2. The van der Waals surface area contributed by atoms with Gasteiger partial charge in [-0.2, -0.15) is 0 Å². The van der Waals surface area contributed by atoms with E-state index in [1.807, 2.05) is 24.3 Å². The van der Waals surface area contributed by atoms with Crippen molar-refractivity contribution in [3.8, 4) is 23.0 Å². The molecule has 0 fully saturated rings. The Morgan fingerprint density at radius 3 is 2.35 bits per heavy atom. The Kier molecular flexibility index (Phi) is 5.76. The van der Waals surface area contributed by atoms with Gasteiger partial charge in [-0.3, -0.25) is 0 Å². The van der Waals surface area contributed by atoms with E-state index in [0.717, 1.165) is 17.2 Å². The highest BCUT2D eigenvalue weighted by molar-refractivity contribution is 5.79. The van der Waals surface area contributed by atoms with Crippen LogP contribution in [0.5, 0.6) is 0 Å². The van der Waals surface area contributed by atoms with Crippen LogP contribution < -0.4 is 16.8 Å². The molecule has 0 saturated heterocycles. The largest absolute Gasteiger partial charge is 0.449 e. The molecule has 3 aromatic carbocycles. The van der Waals surface area contributed by atoms with E-state index in [1.54, 1.807) is 0 Å². The van der Waals surface area contributed by atoms with E-state index in [-0.39, 0.29) is 23.9 Å². The van der Waals surface area contributed by atoms with Crippen LogP contribution in [0.3, 0.4) is 0 Å². The van der Waals surface area contributed by atoms with Crippen molar-refractivity contribution in [3.05, 3.63) is 83.2 Å². The summed E-state index contributed by atoms with van der Waals surface area (Å²) in [7, 11) is 0. The van der Waals surface area contributed by atoms with Crippen LogP contribution in [0, 0.1) is 17.7 Å². The molecule has 1 amide bonds. The topological polar surface area (TPSA) is 90.4 Å². The maximum Gasteiger partial charge on any atom is 0.407 e. The lowest BCUT2D eigenvalue weighted by molar-refractivity contribution is 0.143. The number of hydrogen-bond acceptors (Lipinski definition) is 4. The molecule has 1 aliphatic carbocycles. The predicted molar refractivity (Wildman–Crippen MR) is 120 cm³/mol. The summed E-state index contributed by atoms with van der Waals surface area (Å²) in [6, 6.07) is 18.7. The number of hydrogen-bond donors (Lipinski definition) is 3. The second kappa shape index (κ2) is 8.80. The van der Waals surface area contributed by atoms with Gasteiger partial charge in [-0.05, 0) is 34.4 Å². The van der Waals surface area contributed by atoms with E-state index in [1.165, 1.54) is 17.2 Å². The first kappa shape index (κ1) is 20.3. The van der Waals surface area contributed by atoms with Crippen LogP contribution in [0.15, 0.2) is 60.7 Å². The maximum atomic E-state index is 13.4. The lowest BCUT2D eigenvalue weighted by atomic mass is 9.98. The first-order chi connectivity index (χ1) is 15.0. The van der Waals surface area contributed by atoms with Gasteiger partial charge in [0.2, 0.25) is 0 Å². The molecule has 0 atom stereocenters. The quantitative estimate of drug-likeness (QED) is 0.337. The van der Waals surface area contributed by atoms with Crippen molar-refractivity contribution in [1.29, 1.82) is 0 Å². The SMILES string of the molecule is Nc1cc(F)cc(C#CCCNC(=O)OCC2c3ccccc3-c3ccccc32)c1N. The highest BCUT2D eigenvalue weighted by atomic mass is 19.1. The Balaban J connectivity index is 1.30. The standard InChI is InChI=1S/C25H22FN3O2/c26-17-13-16(24(28)23(27)14-17)7-5-6-12-29-25(30)31-15-22-20-10-3-1-8-18(20)19-9-2-4-11-21(19)22/h1-4,8-11,13-14,22H,6,12,15,27-28H2,(H,29,30). The van der Waals surface area contributed by atoms with Crippen molar-refractivity contribution in [2.24, 2.45) is 0 Å². The van der Waals surface area contributed by atoms with Crippen LogP contribution in [0.4, 0.5) is 20.6 Å². The fourth-order valence-corrected chi connectivity index (χ4v) is 3.78. The first-order valence-corrected chi connectivity index (χ1v) is 9.97. The zero-order chi connectivity index (χ0) is 21.8. The lowest BCUT2D eigenvalue weighted by Gasteiger charge is -2.14. The number of amides is 1. The summed E-state index contributed by atoms with van der Waals surface area (Å²) in [6.07, 6.45) is -0.141. The predicted octanol–water partition coefficient (Wildman–Crippen LogP) is 4.27. The number of nitrogen functional groups attached to an aromatic ring is 2. The molecule has 1 aliphatic rings. The zero-order valence-electron chi connectivity index (χ0n) is 16.8. The minimum absolute atomic E-state index is 0.0133. The summed E-state index contributed by atoms with van der Waals surface area (Å²) in [5, 5.41) is 2.68. The van der Waals surface area contributed by atoms with Gasteiger partial charge in [0.15, 0.2) is 0 Å². The third kappa shape index (κ3) is 4.31. The van der Waals surface area contributed by atoms with Gasteiger partial charge in [-0.25, -0.2) is 9.18 Å². The van der Waals surface area contributed by atoms with Crippen molar-refractivity contribution in [3.63, 3.8) is 0 Å². The molecule has 156 valence electrons. The molecule has 0 aliphatic heterocycles. The van der Waals surface area contributed by atoms with Crippen LogP contribution in [0.25, 0.3) is 11.1 Å². The summed E-state index contributed by atoms with van der Waals surface area (Å²) in [5.41, 5.74) is 16.8. The number of carbonyl (C=O) groups is 1. The number of nitrogens with one attached hydrogen (secondary N) is 1. The smallest absolute Gasteiger partial charge is 0.407 e. The Hall–Kier alpha value is -3.98. The number of fused-ring (bicyclic) bond motifs is 3. The Labute approximate surface area is 180 Å². The van der Waals surface area contributed by atoms with Gasteiger partial charge in [0.05, 0.1) is 16.9 Å². The second-order valence-corrected chi connectivity index (χ2v) is 7.26. The maximum absolute atomic E-state index is 13.4. The molecule has 0 aromatic heterocycles. The van der Waals surface area contributed by atoms with Crippen molar-refractivity contribution in [2.75, 3.05) is 24.6 Å². The summed E-state index contributed by atoms with van der Waals surface area (Å²) < 4.78 is 18.9. The molecule has 5 nitrogen and oxygen atoms in total. The van der Waals surface area contributed by atoms with E-state index in [0.29, 0.717) is 18.5 Å². The van der Waals surface area contributed by atoms with Crippen molar-refractivity contribution < 1.29 is 13.9 Å². The fourth-order valence-electron chi connectivity index (χ4n) is 3.78. The van der Waals surface area contributed by atoms with Crippen LogP contribution in [0.1, 0.15) is 29.0 Å². The minimum Gasteiger partial charge on any atom is -0.449 e. The molecule has 31 heavy (non-hydrogen) atoms. The van der Waals surface area contributed by atoms with E-state index in [2.05, 4.69) is 41.4 Å². The number of ether oxygens (including phenoxy) is 1. The van der Waals surface area contributed by atoms with E-state index in [9.17, 15) is 9.18 Å². The number of rotatable bonds is 4. The third-order valence-electron chi connectivity index (χ3n) is 5.26. The number of halogens is 1. The van der Waals surface area contributed by atoms with E-state index >= 15 is 0 Å². The molecule has 0 saturated carbocycles. The molecule has 3 aromatic rings. The van der Waals surface area contributed by atoms with Gasteiger partial charge < -0.3 is 21.5 Å². The third-order valence-corrected chi connectivity index (χ3v) is 5.26. The van der Waals surface area contributed by atoms with Gasteiger partial charge in [0.1, 0.15) is 12.4 Å². The first-order valence-electron chi connectivity index (χ1n) is 9.97. The number of carbonyl (C=O) groups excluding carboxylic acids is 1. The monoisotopic (exact) mass is 415 g/mol. The number of anilines is 2. The average molecular weight is 415 g/mol. The van der Waals surface area contributed by atoms with Crippen LogP contribution >= 0.6 is 0 Å². The van der Waals surface area contributed by atoms with E-state index in [4.69, 9.17) is 16.2 Å². The number of nitrogens with two attached hydrogens (primary N) is 2. The Morgan fingerprint density at radius 2 is 1.68 bits per heavy atom. The van der Waals surface area contributed by atoms with Crippen molar-refractivity contribution >= 4 is 17.5 Å². The highest BCUT2D eigenvalue weighted by Crippen LogP contribution is 2.44. The van der Waals surface area contributed by atoms with Crippen LogP contribution in [0.2, 0.25) is 0 Å². The van der Waals surface area contributed by atoms with Crippen LogP contribution in [-0.2, 0) is 4.74 Å². The van der Waals surface area contributed by atoms with E-state index < -0.39 is 11.9 Å². The average Bonchev–Trinajstić information content (AvgIpc) is 3.09. The van der Waals surface area contributed by atoms with Crippen molar-refractivity contribution in [1.82, 2.24) is 5.32 Å². The summed E-state index contributed by atoms with van der Waals surface area (Å²) >= 11 is 0. The fraction of sp³-hybridized carbons (Fsp3) is 0.160. The number of alkyl carbamates (subject to hydrolysis) is 1. The summed E-state index contributed by atoms with van der Waals surface area (Å²) in [4.78, 5) is 12.1. The highest BCUT2D eigenvalue weighted by Gasteiger charge is 2.28. The van der Waals surface area contributed by atoms with Gasteiger partial charge in [0.25, 0.3) is 0 Å². The second-order valence-electron chi connectivity index (χ2n) is 7.26. The van der Waals surface area contributed by atoms with Gasteiger partial charge in [-0.1, -0.05) is 60.4 Å². The van der Waals surface area contributed by atoms with Crippen molar-refractivity contribution in [2.45, 2.75) is 12.3 Å². The molecule has 5 N–H and O–H groups in total. The Bertz CT molecular complexity index is 1150. The normalized spacial score (nSPS) is 11.8. The molecule has 0 unspecified atom stereocenters.